The number of halogens is 1. The van der Waals surface area contributed by atoms with Crippen molar-refractivity contribution >= 4 is 40.9 Å². The average molecular weight is 615 g/mol. The standard InChI is InChI=1S/C35H39FN4O5/c1-35(2,3)45-31(42)23-40-29-14-9-12-27(36)32(29)39(21-19-30(40)41)34(44)37(4)22-24-15-17-26(18-16-24)33(43)38-20-8-7-11-25-10-5-6-13-28(25)38/h5-6,9-10,12-18H,7-8,11,19-23H2,1-4H3. The van der Waals surface area contributed by atoms with Gasteiger partial charge in [0.25, 0.3) is 5.91 Å². The number of rotatable bonds is 5. The average Bonchev–Trinajstić information content (AvgIpc) is 3.29. The molecule has 45 heavy (non-hydrogen) atoms. The Morgan fingerprint density at radius 3 is 2.31 bits per heavy atom. The highest BCUT2D eigenvalue weighted by Crippen LogP contribution is 2.36. The molecular formula is C35H39FN4O5. The first-order valence-corrected chi connectivity index (χ1v) is 15.2. The molecule has 0 aliphatic carbocycles. The van der Waals surface area contributed by atoms with Gasteiger partial charge in [0.15, 0.2) is 0 Å². The minimum atomic E-state index is -0.759. The summed E-state index contributed by atoms with van der Waals surface area (Å²) in [6.45, 7) is 5.54. The fourth-order valence-electron chi connectivity index (χ4n) is 5.80. The molecule has 236 valence electrons. The zero-order valence-corrected chi connectivity index (χ0v) is 26.2. The van der Waals surface area contributed by atoms with Gasteiger partial charge in [0.05, 0.1) is 5.69 Å². The zero-order valence-electron chi connectivity index (χ0n) is 26.2. The Bertz CT molecular complexity index is 1600. The molecule has 5 rings (SSSR count). The molecule has 9 nitrogen and oxygen atoms in total. The van der Waals surface area contributed by atoms with Gasteiger partial charge in [-0.25, -0.2) is 9.18 Å². The third kappa shape index (κ3) is 7.16. The van der Waals surface area contributed by atoms with Gasteiger partial charge in [-0.15, -0.1) is 0 Å². The number of carbonyl (C=O) groups is 4. The maximum Gasteiger partial charge on any atom is 0.326 e. The topological polar surface area (TPSA) is 90.5 Å². The highest BCUT2D eigenvalue weighted by Gasteiger charge is 2.34. The SMILES string of the molecule is CN(Cc1ccc(C(=O)N2CCCCc3ccccc32)cc1)C(=O)N1CCC(=O)N(CC(=O)OC(C)(C)C)c2cccc(F)c21. The molecule has 0 fully saturated rings. The van der Waals surface area contributed by atoms with Gasteiger partial charge >= 0.3 is 12.0 Å². The lowest BCUT2D eigenvalue weighted by Gasteiger charge is -2.29. The van der Waals surface area contributed by atoms with Gasteiger partial charge in [-0.05, 0) is 81.5 Å². The lowest BCUT2D eigenvalue weighted by Crippen LogP contribution is -2.42. The predicted molar refractivity (Wildman–Crippen MR) is 171 cm³/mol. The molecule has 2 aliphatic rings. The van der Waals surface area contributed by atoms with Crippen LogP contribution in [-0.4, -0.2) is 61.0 Å². The lowest BCUT2D eigenvalue weighted by molar-refractivity contribution is -0.153. The first kappa shape index (κ1) is 31.7. The van der Waals surface area contributed by atoms with Crippen LogP contribution in [0.4, 0.5) is 26.2 Å². The van der Waals surface area contributed by atoms with Gasteiger partial charge in [-0.2, -0.15) is 0 Å². The molecule has 2 heterocycles. The Morgan fingerprint density at radius 2 is 1.58 bits per heavy atom. The Kier molecular flexibility index (Phi) is 9.22. The van der Waals surface area contributed by atoms with Gasteiger partial charge in [-0.3, -0.25) is 24.2 Å². The number of nitrogens with zero attached hydrogens (tertiary/aromatic N) is 4. The van der Waals surface area contributed by atoms with Crippen LogP contribution < -0.4 is 14.7 Å². The summed E-state index contributed by atoms with van der Waals surface area (Å²) in [5.74, 6) is -1.81. The highest BCUT2D eigenvalue weighted by molar-refractivity contribution is 6.07. The molecule has 0 saturated carbocycles. The van der Waals surface area contributed by atoms with Crippen LogP contribution in [0.5, 0.6) is 0 Å². The molecule has 3 aromatic rings. The highest BCUT2D eigenvalue weighted by atomic mass is 19.1. The Balaban J connectivity index is 1.32. The quantitative estimate of drug-likeness (QED) is 0.332. The first-order valence-electron chi connectivity index (χ1n) is 15.2. The number of urea groups is 1. The van der Waals surface area contributed by atoms with Crippen LogP contribution in [0, 0.1) is 5.82 Å². The summed E-state index contributed by atoms with van der Waals surface area (Å²) in [6, 6.07) is 18.8. The summed E-state index contributed by atoms with van der Waals surface area (Å²) in [5, 5.41) is 0. The van der Waals surface area contributed by atoms with E-state index in [0.29, 0.717) is 12.1 Å². The van der Waals surface area contributed by atoms with Gasteiger partial charge in [-0.1, -0.05) is 36.4 Å². The minimum absolute atomic E-state index is 0.0640. The number of carbonyl (C=O) groups excluding carboxylic acids is 4. The molecule has 0 unspecified atom stereocenters. The van der Waals surface area contributed by atoms with E-state index >= 15 is 4.39 Å². The molecule has 0 N–H and O–H groups in total. The Morgan fingerprint density at radius 1 is 0.867 bits per heavy atom. The number of hydrogen-bond donors (Lipinski definition) is 0. The minimum Gasteiger partial charge on any atom is -0.459 e. The van der Waals surface area contributed by atoms with Crippen molar-refractivity contribution in [2.75, 3.05) is 41.4 Å². The van der Waals surface area contributed by atoms with E-state index < -0.39 is 35.9 Å². The van der Waals surface area contributed by atoms with Crippen molar-refractivity contribution in [2.45, 2.75) is 58.6 Å². The fraction of sp³-hybridized carbons (Fsp3) is 0.371. The molecule has 0 radical (unpaired) electrons. The molecule has 0 spiro atoms. The predicted octanol–water partition coefficient (Wildman–Crippen LogP) is 5.95. The second-order valence-electron chi connectivity index (χ2n) is 12.5. The number of hydrogen-bond acceptors (Lipinski definition) is 5. The van der Waals surface area contributed by atoms with E-state index in [0.717, 1.165) is 30.5 Å². The number of esters is 1. The van der Waals surface area contributed by atoms with Crippen molar-refractivity contribution in [1.82, 2.24) is 4.90 Å². The number of benzene rings is 3. The monoisotopic (exact) mass is 614 g/mol. The smallest absolute Gasteiger partial charge is 0.326 e. The summed E-state index contributed by atoms with van der Waals surface area (Å²) in [5.41, 5.74) is 2.75. The molecule has 0 saturated heterocycles. The van der Waals surface area contributed by atoms with E-state index in [1.54, 1.807) is 40.0 Å². The second kappa shape index (κ2) is 13.1. The second-order valence-corrected chi connectivity index (χ2v) is 12.5. The maximum atomic E-state index is 15.4. The van der Waals surface area contributed by atoms with E-state index in [-0.39, 0.29) is 36.8 Å². The molecule has 0 aromatic heterocycles. The van der Waals surface area contributed by atoms with Gasteiger partial charge in [0, 0.05) is 44.4 Å². The van der Waals surface area contributed by atoms with Crippen LogP contribution in [-0.2, 0) is 27.3 Å². The van der Waals surface area contributed by atoms with Crippen LogP contribution in [0.2, 0.25) is 0 Å². The Labute approximate surface area is 263 Å². The van der Waals surface area contributed by atoms with Crippen molar-refractivity contribution in [3.05, 3.63) is 89.2 Å². The number of amides is 4. The number of fused-ring (bicyclic) bond motifs is 2. The molecule has 0 bridgehead atoms. The van der Waals surface area contributed by atoms with Crippen LogP contribution in [0.3, 0.4) is 0 Å². The van der Waals surface area contributed by atoms with Gasteiger partial charge in [0.2, 0.25) is 5.91 Å². The zero-order chi connectivity index (χ0) is 32.3. The molecular weight excluding hydrogens is 575 g/mol. The van der Waals surface area contributed by atoms with E-state index in [4.69, 9.17) is 4.74 Å². The molecule has 10 heteroatoms. The van der Waals surface area contributed by atoms with E-state index in [9.17, 15) is 19.2 Å². The summed E-state index contributed by atoms with van der Waals surface area (Å²) in [4.78, 5) is 58.6. The molecule has 3 aromatic carbocycles. The number of anilines is 3. The largest absolute Gasteiger partial charge is 0.459 e. The van der Waals surface area contributed by atoms with Crippen LogP contribution >= 0.6 is 0 Å². The van der Waals surface area contributed by atoms with Crippen molar-refractivity contribution in [1.29, 1.82) is 0 Å². The van der Waals surface area contributed by atoms with Gasteiger partial charge in [0.1, 0.15) is 23.7 Å². The number of para-hydroxylation sites is 2. The Hall–Kier alpha value is -4.73. The summed E-state index contributed by atoms with van der Waals surface area (Å²) in [7, 11) is 1.60. The third-order valence-electron chi connectivity index (χ3n) is 7.87. The molecule has 4 amide bonds. The van der Waals surface area contributed by atoms with Crippen LogP contribution in [0.25, 0.3) is 0 Å². The van der Waals surface area contributed by atoms with Crippen molar-refractivity contribution in [3.63, 3.8) is 0 Å². The first-order chi connectivity index (χ1) is 21.4. The molecule has 2 aliphatic heterocycles. The summed E-state index contributed by atoms with van der Waals surface area (Å²) < 4.78 is 20.7. The lowest BCUT2D eigenvalue weighted by atomic mass is 10.1. The molecule has 0 atom stereocenters. The third-order valence-corrected chi connectivity index (χ3v) is 7.87. The van der Waals surface area contributed by atoms with Crippen molar-refractivity contribution in [2.24, 2.45) is 0 Å². The van der Waals surface area contributed by atoms with E-state index in [1.165, 1.54) is 38.5 Å². The van der Waals surface area contributed by atoms with Crippen LogP contribution in [0.15, 0.2) is 66.7 Å². The summed E-state index contributed by atoms with van der Waals surface area (Å²) in [6.07, 6.45) is 2.80. The van der Waals surface area contributed by atoms with Gasteiger partial charge < -0.3 is 14.5 Å². The van der Waals surface area contributed by atoms with E-state index in [2.05, 4.69) is 6.07 Å². The fourth-order valence-corrected chi connectivity index (χ4v) is 5.80. The number of ether oxygens (including phenoxy) is 1. The van der Waals surface area contributed by atoms with Crippen molar-refractivity contribution in [3.8, 4) is 0 Å². The van der Waals surface area contributed by atoms with E-state index in [1.807, 2.05) is 35.2 Å². The number of aryl methyl sites for hydroxylation is 1. The van der Waals surface area contributed by atoms with Crippen LogP contribution in [0.1, 0.15) is 61.5 Å². The summed E-state index contributed by atoms with van der Waals surface area (Å²) >= 11 is 0. The van der Waals surface area contributed by atoms with Crippen molar-refractivity contribution < 1.29 is 28.3 Å². The maximum absolute atomic E-state index is 15.4. The normalized spacial score (nSPS) is 15.0.